The van der Waals surface area contributed by atoms with Crippen LogP contribution < -0.4 is 4.74 Å². The molecule has 1 fully saturated rings. The van der Waals surface area contributed by atoms with Crippen LogP contribution in [0.15, 0.2) is 12.1 Å². The number of unbranched alkanes of at least 4 members (excludes halogenated alkanes) is 6. The number of benzene rings is 1. The molecule has 2 nitrogen and oxygen atoms in total. The maximum absolute atomic E-state index is 10.9. The molecule has 0 bridgehead atoms. The summed E-state index contributed by atoms with van der Waals surface area (Å²) in [6, 6.07) is 4.25. The molecule has 3 rings (SSSR count). The van der Waals surface area contributed by atoms with Gasteiger partial charge in [0.1, 0.15) is 17.1 Å². The molecule has 1 heterocycles. The highest BCUT2D eigenvalue weighted by molar-refractivity contribution is 5.52. The van der Waals surface area contributed by atoms with E-state index in [4.69, 9.17) is 4.74 Å². The van der Waals surface area contributed by atoms with Crippen molar-refractivity contribution in [2.45, 2.75) is 110 Å². The minimum absolute atomic E-state index is 0.137. The molecule has 0 spiro atoms. The molecule has 1 unspecified atom stereocenters. The van der Waals surface area contributed by atoms with Crippen LogP contribution >= 0.6 is 0 Å². The lowest BCUT2D eigenvalue weighted by Crippen LogP contribution is -2.46. The highest BCUT2D eigenvalue weighted by Crippen LogP contribution is 2.55. The first kappa shape index (κ1) is 20.6. The number of ether oxygens (including phenoxy) is 1. The predicted octanol–water partition coefficient (Wildman–Crippen LogP) is 7.38. The summed E-state index contributed by atoms with van der Waals surface area (Å²) < 4.78 is 6.46. The Labute approximate surface area is 166 Å². The molecule has 152 valence electrons. The molecular formula is C25H40O2. The van der Waals surface area contributed by atoms with E-state index in [1.807, 2.05) is 6.07 Å². The van der Waals surface area contributed by atoms with Crippen LogP contribution in [0.4, 0.5) is 0 Å². The Morgan fingerprint density at radius 2 is 1.74 bits per heavy atom. The molecule has 0 saturated heterocycles. The first-order valence-electron chi connectivity index (χ1n) is 11.5. The van der Waals surface area contributed by atoms with Crippen molar-refractivity contribution < 1.29 is 9.84 Å². The first-order chi connectivity index (χ1) is 12.9. The SMILES string of the molecule is CCCCCCCCCc1cc(O)c2c(c1)OC(C)(C)[C@@H]1CCC(C)C[C@@H]21. The second-order valence-electron chi connectivity index (χ2n) is 9.73. The Balaban J connectivity index is 1.67. The van der Waals surface area contributed by atoms with Gasteiger partial charge in [-0.25, -0.2) is 0 Å². The fraction of sp³-hybridized carbons (Fsp3) is 0.760. The van der Waals surface area contributed by atoms with E-state index >= 15 is 0 Å². The lowest BCUT2D eigenvalue weighted by Gasteiger charge is -2.48. The lowest BCUT2D eigenvalue weighted by molar-refractivity contribution is -0.0145. The Morgan fingerprint density at radius 3 is 2.48 bits per heavy atom. The molecular weight excluding hydrogens is 332 g/mol. The van der Waals surface area contributed by atoms with Crippen LogP contribution in [0.3, 0.4) is 0 Å². The fourth-order valence-electron chi connectivity index (χ4n) is 5.45. The van der Waals surface area contributed by atoms with E-state index in [9.17, 15) is 5.11 Å². The number of phenolic OH excluding ortho intramolecular Hbond substituents is 1. The number of hydrogen-bond acceptors (Lipinski definition) is 2. The molecule has 1 aliphatic heterocycles. The Bertz CT molecular complexity index is 619. The topological polar surface area (TPSA) is 29.5 Å². The molecule has 3 atom stereocenters. The number of phenols is 1. The second-order valence-corrected chi connectivity index (χ2v) is 9.73. The van der Waals surface area contributed by atoms with E-state index in [1.54, 1.807) is 0 Å². The van der Waals surface area contributed by atoms with E-state index in [0.29, 0.717) is 17.6 Å². The number of rotatable bonds is 8. The summed E-state index contributed by atoms with van der Waals surface area (Å²) in [5, 5.41) is 10.9. The van der Waals surface area contributed by atoms with E-state index < -0.39 is 0 Å². The highest BCUT2D eigenvalue weighted by Gasteiger charge is 2.47. The van der Waals surface area contributed by atoms with Gasteiger partial charge in [0, 0.05) is 11.5 Å². The first-order valence-corrected chi connectivity index (χ1v) is 11.5. The van der Waals surface area contributed by atoms with Gasteiger partial charge in [-0.1, -0.05) is 58.8 Å². The quantitative estimate of drug-likeness (QED) is 0.482. The van der Waals surface area contributed by atoms with E-state index in [2.05, 4.69) is 33.8 Å². The summed E-state index contributed by atoms with van der Waals surface area (Å²) in [5.74, 6) is 3.12. The van der Waals surface area contributed by atoms with E-state index in [-0.39, 0.29) is 5.60 Å². The van der Waals surface area contributed by atoms with Crippen LogP contribution in [0.1, 0.15) is 109 Å². The molecule has 2 aliphatic rings. The van der Waals surface area contributed by atoms with Gasteiger partial charge in [0.2, 0.25) is 0 Å². The minimum atomic E-state index is -0.137. The minimum Gasteiger partial charge on any atom is -0.508 e. The van der Waals surface area contributed by atoms with Crippen molar-refractivity contribution in [2.24, 2.45) is 11.8 Å². The Hall–Kier alpha value is -1.18. The van der Waals surface area contributed by atoms with Gasteiger partial charge in [0.05, 0.1) is 0 Å². The third-order valence-electron chi connectivity index (χ3n) is 7.00. The Kier molecular flexibility index (Phi) is 6.76. The standard InChI is InChI=1S/C25H40O2/c1-5-6-7-8-9-10-11-12-19-16-22(26)24-20-15-18(2)13-14-21(20)25(3,4)27-23(24)17-19/h16-18,20-21,26H,5-15H2,1-4H3/t18?,20-,21-/m1/s1. The summed E-state index contributed by atoms with van der Waals surface area (Å²) >= 11 is 0. The van der Waals surface area contributed by atoms with Crippen LogP contribution in [0.25, 0.3) is 0 Å². The molecule has 0 radical (unpaired) electrons. The summed E-state index contributed by atoms with van der Waals surface area (Å²) in [5.41, 5.74) is 2.19. The van der Waals surface area contributed by atoms with Crippen LogP contribution in [0, 0.1) is 11.8 Å². The zero-order chi connectivity index (χ0) is 19.4. The normalized spacial score (nSPS) is 26.1. The van der Waals surface area contributed by atoms with Crippen LogP contribution in [0.5, 0.6) is 11.5 Å². The van der Waals surface area contributed by atoms with Crippen molar-refractivity contribution in [3.05, 3.63) is 23.3 Å². The molecule has 2 heteroatoms. The van der Waals surface area contributed by atoms with Gasteiger partial charge in [0.25, 0.3) is 0 Å². The van der Waals surface area contributed by atoms with Crippen molar-refractivity contribution in [3.63, 3.8) is 0 Å². The molecule has 1 aromatic rings. The lowest BCUT2D eigenvalue weighted by atomic mass is 9.64. The van der Waals surface area contributed by atoms with Gasteiger partial charge < -0.3 is 9.84 Å². The zero-order valence-corrected chi connectivity index (χ0v) is 18.0. The van der Waals surface area contributed by atoms with Crippen molar-refractivity contribution in [2.75, 3.05) is 0 Å². The zero-order valence-electron chi connectivity index (χ0n) is 18.0. The average Bonchev–Trinajstić information content (AvgIpc) is 2.59. The average molecular weight is 373 g/mol. The number of aromatic hydroxyl groups is 1. The smallest absolute Gasteiger partial charge is 0.127 e. The van der Waals surface area contributed by atoms with E-state index in [1.165, 1.54) is 69.8 Å². The number of hydrogen-bond donors (Lipinski definition) is 1. The van der Waals surface area contributed by atoms with Gasteiger partial charge in [-0.2, -0.15) is 0 Å². The van der Waals surface area contributed by atoms with E-state index in [0.717, 1.165) is 23.7 Å². The molecule has 0 aromatic heterocycles. The van der Waals surface area contributed by atoms with Crippen LogP contribution in [-0.2, 0) is 6.42 Å². The summed E-state index contributed by atoms with van der Waals surface area (Å²) in [6.07, 6.45) is 13.9. The molecule has 1 saturated carbocycles. The van der Waals surface area contributed by atoms with Crippen LogP contribution in [0.2, 0.25) is 0 Å². The number of aryl methyl sites for hydroxylation is 1. The molecule has 27 heavy (non-hydrogen) atoms. The molecule has 0 amide bonds. The third-order valence-corrected chi connectivity index (χ3v) is 7.00. The van der Waals surface area contributed by atoms with Crippen molar-refractivity contribution in [1.82, 2.24) is 0 Å². The Morgan fingerprint density at radius 1 is 1.04 bits per heavy atom. The maximum Gasteiger partial charge on any atom is 0.127 e. The number of fused-ring (bicyclic) bond motifs is 3. The van der Waals surface area contributed by atoms with Gasteiger partial charge in [-0.3, -0.25) is 0 Å². The largest absolute Gasteiger partial charge is 0.508 e. The summed E-state index contributed by atoms with van der Waals surface area (Å²) in [4.78, 5) is 0. The monoisotopic (exact) mass is 372 g/mol. The molecule has 1 aliphatic carbocycles. The fourth-order valence-corrected chi connectivity index (χ4v) is 5.45. The predicted molar refractivity (Wildman–Crippen MR) is 114 cm³/mol. The van der Waals surface area contributed by atoms with Gasteiger partial charge in [0.15, 0.2) is 0 Å². The van der Waals surface area contributed by atoms with Crippen LogP contribution in [-0.4, -0.2) is 10.7 Å². The van der Waals surface area contributed by atoms with Crippen molar-refractivity contribution in [1.29, 1.82) is 0 Å². The van der Waals surface area contributed by atoms with Gasteiger partial charge in [-0.05, 0) is 69.1 Å². The molecule has 1 aromatic carbocycles. The van der Waals surface area contributed by atoms with Gasteiger partial charge in [-0.15, -0.1) is 0 Å². The summed E-state index contributed by atoms with van der Waals surface area (Å²) in [7, 11) is 0. The third kappa shape index (κ3) is 4.81. The summed E-state index contributed by atoms with van der Waals surface area (Å²) in [6.45, 7) is 9.10. The molecule has 1 N–H and O–H groups in total. The van der Waals surface area contributed by atoms with Crippen molar-refractivity contribution >= 4 is 0 Å². The maximum atomic E-state index is 10.9. The van der Waals surface area contributed by atoms with Crippen molar-refractivity contribution in [3.8, 4) is 11.5 Å². The highest BCUT2D eigenvalue weighted by atomic mass is 16.5. The second kappa shape index (κ2) is 8.88. The van der Waals surface area contributed by atoms with Gasteiger partial charge >= 0.3 is 0 Å².